The molecule has 24 heavy (non-hydrogen) atoms. The molecule has 1 aliphatic carbocycles. The van der Waals surface area contributed by atoms with Gasteiger partial charge in [0.25, 0.3) is 5.91 Å². The molecule has 6 nitrogen and oxygen atoms in total. The first-order chi connectivity index (χ1) is 11.8. The molecule has 0 radical (unpaired) electrons. The Labute approximate surface area is 139 Å². The Morgan fingerprint density at radius 1 is 1.21 bits per heavy atom. The first kappa shape index (κ1) is 14.6. The number of nitrogens with one attached hydrogen (secondary N) is 2. The summed E-state index contributed by atoms with van der Waals surface area (Å²) in [5, 5.41) is 0. The average Bonchev–Trinajstić information content (AvgIpc) is 3.04. The minimum absolute atomic E-state index is 0.158. The summed E-state index contributed by atoms with van der Waals surface area (Å²) in [5.74, 6) is 1.17. The van der Waals surface area contributed by atoms with Gasteiger partial charge in [0.15, 0.2) is 11.5 Å². The Hall–Kier alpha value is -3.02. The van der Waals surface area contributed by atoms with Gasteiger partial charge in [-0.2, -0.15) is 0 Å². The molecule has 122 valence electrons. The van der Waals surface area contributed by atoms with E-state index in [0.29, 0.717) is 11.5 Å². The van der Waals surface area contributed by atoms with Crippen LogP contribution < -0.4 is 20.3 Å². The zero-order chi connectivity index (χ0) is 16.4. The van der Waals surface area contributed by atoms with Crippen LogP contribution in [0.15, 0.2) is 65.3 Å². The lowest BCUT2D eigenvalue weighted by Gasteiger charge is -2.25. The number of carbonyl (C=O) groups is 1. The summed E-state index contributed by atoms with van der Waals surface area (Å²) < 4.78 is 11.2. The van der Waals surface area contributed by atoms with E-state index in [1.807, 2.05) is 36.6 Å². The van der Waals surface area contributed by atoms with E-state index >= 15 is 0 Å². The molecule has 1 amide bonds. The molecule has 0 fully saturated rings. The van der Waals surface area contributed by atoms with Crippen LogP contribution in [0.4, 0.5) is 0 Å². The van der Waals surface area contributed by atoms with E-state index in [1.54, 1.807) is 12.3 Å². The summed E-state index contributed by atoms with van der Waals surface area (Å²) in [6.45, 7) is 0.181. The first-order valence-electron chi connectivity index (χ1n) is 7.83. The van der Waals surface area contributed by atoms with Crippen LogP contribution in [0, 0.1) is 5.92 Å². The smallest absolute Gasteiger partial charge is 0.282 e. The molecule has 2 N–H and O–H groups in total. The van der Waals surface area contributed by atoms with Gasteiger partial charge in [0.1, 0.15) is 6.61 Å². The third-order valence-corrected chi connectivity index (χ3v) is 4.12. The van der Waals surface area contributed by atoms with Gasteiger partial charge in [0.2, 0.25) is 6.10 Å². The Kier molecular flexibility index (Phi) is 3.78. The summed E-state index contributed by atoms with van der Waals surface area (Å²) in [6, 6.07) is 7.45. The van der Waals surface area contributed by atoms with Crippen molar-refractivity contribution in [1.29, 1.82) is 0 Å². The van der Waals surface area contributed by atoms with Crippen LogP contribution in [-0.2, 0) is 4.79 Å². The van der Waals surface area contributed by atoms with Crippen LogP contribution in [-0.4, -0.2) is 30.9 Å². The minimum atomic E-state index is -0.687. The highest BCUT2D eigenvalue weighted by Crippen LogP contribution is 2.31. The second-order valence-corrected chi connectivity index (χ2v) is 5.71. The van der Waals surface area contributed by atoms with Crippen molar-refractivity contribution in [3.63, 3.8) is 0 Å². The summed E-state index contributed by atoms with van der Waals surface area (Å²) in [7, 11) is 0. The molecule has 0 saturated heterocycles. The molecule has 1 aromatic rings. The van der Waals surface area contributed by atoms with Gasteiger partial charge < -0.3 is 14.9 Å². The molecule has 3 atom stereocenters. The van der Waals surface area contributed by atoms with E-state index in [0.717, 1.165) is 5.57 Å². The second-order valence-electron chi connectivity index (χ2n) is 5.71. The highest BCUT2D eigenvalue weighted by molar-refractivity contribution is 5.84. The van der Waals surface area contributed by atoms with Gasteiger partial charge in [-0.3, -0.25) is 15.2 Å². The number of nitrogens with zero attached hydrogens (tertiary/aromatic N) is 1. The third-order valence-electron chi connectivity index (χ3n) is 4.12. The maximum atomic E-state index is 12.2. The molecular formula is C18H17N3O3. The van der Waals surface area contributed by atoms with Gasteiger partial charge in [0, 0.05) is 18.3 Å². The number of para-hydroxylation sites is 2. The average molecular weight is 323 g/mol. The Morgan fingerprint density at radius 3 is 2.96 bits per heavy atom. The summed E-state index contributed by atoms with van der Waals surface area (Å²) in [6.07, 6.45) is 11.1. The van der Waals surface area contributed by atoms with Crippen molar-refractivity contribution in [2.45, 2.75) is 12.1 Å². The lowest BCUT2D eigenvalue weighted by molar-refractivity contribution is -0.131. The molecule has 0 spiro atoms. The monoisotopic (exact) mass is 323 g/mol. The number of hydrogen-bond acceptors (Lipinski definition) is 5. The Morgan fingerprint density at radius 2 is 2.04 bits per heavy atom. The molecule has 1 aromatic carbocycles. The van der Waals surface area contributed by atoms with Crippen molar-refractivity contribution in [1.82, 2.24) is 10.9 Å². The predicted molar refractivity (Wildman–Crippen MR) is 89.8 cm³/mol. The van der Waals surface area contributed by atoms with E-state index in [-0.39, 0.29) is 24.5 Å². The summed E-state index contributed by atoms with van der Waals surface area (Å²) >= 11 is 0. The molecule has 0 unspecified atom stereocenters. The maximum absolute atomic E-state index is 12.2. The quantitative estimate of drug-likeness (QED) is 0.828. The fourth-order valence-electron chi connectivity index (χ4n) is 2.86. The highest BCUT2D eigenvalue weighted by atomic mass is 16.6. The fraction of sp³-hybridized carbons (Fsp3) is 0.222. The number of benzene rings is 1. The summed E-state index contributed by atoms with van der Waals surface area (Å²) in [5.41, 5.74) is 6.49. The number of rotatable bonds is 3. The molecular weight excluding hydrogens is 306 g/mol. The molecule has 0 aromatic heterocycles. The topological polar surface area (TPSA) is 72.0 Å². The number of hydrogen-bond donors (Lipinski definition) is 2. The van der Waals surface area contributed by atoms with Gasteiger partial charge in [-0.05, 0) is 17.7 Å². The number of amides is 1. The summed E-state index contributed by atoms with van der Waals surface area (Å²) in [4.78, 5) is 16.6. The van der Waals surface area contributed by atoms with E-state index in [2.05, 4.69) is 28.0 Å². The Balaban J connectivity index is 1.33. The molecule has 2 heterocycles. The third kappa shape index (κ3) is 2.78. The van der Waals surface area contributed by atoms with Crippen molar-refractivity contribution < 1.29 is 14.3 Å². The lowest BCUT2D eigenvalue weighted by atomic mass is 9.92. The SMILES string of the molecule is O=C(NNC=C1C=N[C@H]2C=CC=C[C@H]12)[C@@H]1COc2ccccc2O1. The van der Waals surface area contributed by atoms with Crippen LogP contribution in [0.2, 0.25) is 0 Å². The number of aliphatic imine (C=N–C) groups is 1. The van der Waals surface area contributed by atoms with Gasteiger partial charge >= 0.3 is 0 Å². The van der Waals surface area contributed by atoms with Crippen molar-refractivity contribution in [2.24, 2.45) is 10.9 Å². The molecule has 3 aliphatic rings. The standard InChI is InChI=1S/C18H17N3O3/c22-18(17-11-23-15-7-3-4-8-16(15)24-17)21-20-10-12-9-19-14-6-2-1-5-13(12)14/h1-10,13-14,17,20H,11H2,(H,21,22)/t13-,14+,17+/m1/s1. The maximum Gasteiger partial charge on any atom is 0.282 e. The molecule has 2 aliphatic heterocycles. The molecule has 6 heteroatoms. The number of carbonyl (C=O) groups excluding carboxylic acids is 1. The zero-order valence-electron chi connectivity index (χ0n) is 12.9. The van der Waals surface area contributed by atoms with E-state index < -0.39 is 6.10 Å². The van der Waals surface area contributed by atoms with Gasteiger partial charge in [-0.25, -0.2) is 0 Å². The fourth-order valence-corrected chi connectivity index (χ4v) is 2.86. The van der Waals surface area contributed by atoms with Crippen LogP contribution in [0.25, 0.3) is 0 Å². The normalized spacial score (nSPS) is 27.8. The van der Waals surface area contributed by atoms with Crippen molar-refractivity contribution in [3.8, 4) is 11.5 Å². The van der Waals surface area contributed by atoms with Crippen molar-refractivity contribution in [2.75, 3.05) is 6.61 Å². The van der Waals surface area contributed by atoms with Crippen LogP contribution >= 0.6 is 0 Å². The number of hydrazine groups is 1. The first-order valence-corrected chi connectivity index (χ1v) is 7.83. The number of allylic oxidation sites excluding steroid dienone is 2. The van der Waals surface area contributed by atoms with Gasteiger partial charge in [-0.15, -0.1) is 0 Å². The number of ether oxygens (including phenoxy) is 2. The van der Waals surface area contributed by atoms with E-state index in [1.165, 1.54) is 0 Å². The highest BCUT2D eigenvalue weighted by Gasteiger charge is 2.28. The minimum Gasteiger partial charge on any atom is -0.485 e. The Bertz CT molecular complexity index is 767. The second kappa shape index (κ2) is 6.23. The predicted octanol–water partition coefficient (Wildman–Crippen LogP) is 1.53. The van der Waals surface area contributed by atoms with Crippen molar-refractivity contribution >= 4 is 12.1 Å². The molecule has 0 saturated carbocycles. The van der Waals surface area contributed by atoms with Crippen molar-refractivity contribution in [3.05, 3.63) is 60.3 Å². The molecule has 0 bridgehead atoms. The zero-order valence-corrected chi connectivity index (χ0v) is 12.9. The van der Waals surface area contributed by atoms with Gasteiger partial charge in [0.05, 0.1) is 6.04 Å². The van der Waals surface area contributed by atoms with E-state index in [9.17, 15) is 4.79 Å². The van der Waals surface area contributed by atoms with Gasteiger partial charge in [-0.1, -0.05) is 36.4 Å². The number of fused-ring (bicyclic) bond motifs is 2. The lowest BCUT2D eigenvalue weighted by Crippen LogP contribution is -2.47. The van der Waals surface area contributed by atoms with Crippen LogP contribution in [0.5, 0.6) is 11.5 Å². The van der Waals surface area contributed by atoms with Crippen LogP contribution in [0.3, 0.4) is 0 Å². The molecule has 4 rings (SSSR count). The largest absolute Gasteiger partial charge is 0.485 e. The van der Waals surface area contributed by atoms with E-state index in [4.69, 9.17) is 9.47 Å². The van der Waals surface area contributed by atoms with Crippen LogP contribution in [0.1, 0.15) is 0 Å².